The first-order chi connectivity index (χ1) is 12.6. The molecule has 0 aliphatic heterocycles. The van der Waals surface area contributed by atoms with Gasteiger partial charge in [-0.1, -0.05) is 23.7 Å². The highest BCUT2D eigenvalue weighted by Crippen LogP contribution is 2.18. The molecular weight excluding hydrogens is 352 g/mol. The zero-order valence-electron chi connectivity index (χ0n) is 13.7. The van der Waals surface area contributed by atoms with E-state index in [2.05, 4.69) is 0 Å². The molecule has 0 aliphatic rings. The summed E-state index contributed by atoms with van der Waals surface area (Å²) in [6.45, 7) is 0.354. The van der Waals surface area contributed by atoms with Crippen molar-refractivity contribution in [3.63, 3.8) is 0 Å². The maximum absolute atomic E-state index is 12.1. The monoisotopic (exact) mass is 366 g/mol. The fourth-order valence-corrected chi connectivity index (χ4v) is 2.34. The summed E-state index contributed by atoms with van der Waals surface area (Å²) in [5.41, 5.74) is 1.95. The van der Waals surface area contributed by atoms with Crippen molar-refractivity contribution in [1.29, 1.82) is 0 Å². The van der Waals surface area contributed by atoms with Crippen molar-refractivity contribution in [3.05, 3.63) is 94.5 Å². The number of aldehydes is 1. The van der Waals surface area contributed by atoms with Crippen LogP contribution in [0.25, 0.3) is 0 Å². The Morgan fingerprint density at radius 3 is 2.08 bits per heavy atom. The van der Waals surface area contributed by atoms with E-state index in [9.17, 15) is 9.59 Å². The van der Waals surface area contributed by atoms with Crippen LogP contribution in [-0.2, 0) is 6.61 Å². The molecular formula is C21H15ClO4. The molecule has 0 radical (unpaired) electrons. The number of benzene rings is 3. The first-order valence-electron chi connectivity index (χ1n) is 7.89. The van der Waals surface area contributed by atoms with Crippen LogP contribution in [-0.4, -0.2) is 12.3 Å². The van der Waals surface area contributed by atoms with Gasteiger partial charge in [-0.15, -0.1) is 0 Å². The molecule has 26 heavy (non-hydrogen) atoms. The average Bonchev–Trinajstić information content (AvgIpc) is 2.69. The van der Waals surface area contributed by atoms with E-state index in [1.165, 1.54) is 0 Å². The fraction of sp³-hybridized carbons (Fsp3) is 0.0476. The molecule has 0 amide bonds. The Kier molecular flexibility index (Phi) is 5.66. The van der Waals surface area contributed by atoms with Crippen molar-refractivity contribution in [2.45, 2.75) is 6.61 Å². The lowest BCUT2D eigenvalue weighted by Gasteiger charge is -2.08. The summed E-state index contributed by atoms with van der Waals surface area (Å²) in [5, 5.41) is 0.579. The van der Waals surface area contributed by atoms with E-state index in [4.69, 9.17) is 21.1 Å². The topological polar surface area (TPSA) is 52.6 Å². The molecule has 3 aromatic rings. The van der Waals surface area contributed by atoms with Crippen molar-refractivity contribution in [3.8, 4) is 11.5 Å². The van der Waals surface area contributed by atoms with Crippen LogP contribution in [0.15, 0.2) is 72.8 Å². The van der Waals surface area contributed by atoms with Gasteiger partial charge in [-0.25, -0.2) is 4.79 Å². The average molecular weight is 367 g/mol. The first-order valence-corrected chi connectivity index (χ1v) is 8.26. The van der Waals surface area contributed by atoms with Gasteiger partial charge in [-0.2, -0.15) is 0 Å². The van der Waals surface area contributed by atoms with E-state index in [0.29, 0.717) is 34.3 Å². The van der Waals surface area contributed by atoms with Crippen LogP contribution in [0.2, 0.25) is 5.02 Å². The number of carbonyl (C=O) groups excluding carboxylic acids is 2. The van der Waals surface area contributed by atoms with E-state index >= 15 is 0 Å². The molecule has 0 fully saturated rings. The van der Waals surface area contributed by atoms with Crippen LogP contribution in [0.4, 0.5) is 0 Å². The lowest BCUT2D eigenvalue weighted by molar-refractivity contribution is 0.0734. The molecule has 3 aromatic carbocycles. The molecule has 0 bridgehead atoms. The summed E-state index contributed by atoms with van der Waals surface area (Å²) in [7, 11) is 0. The number of rotatable bonds is 6. The second kappa shape index (κ2) is 8.32. The predicted octanol–water partition coefficient (Wildman–Crippen LogP) is 4.95. The zero-order valence-corrected chi connectivity index (χ0v) is 14.5. The minimum Gasteiger partial charge on any atom is -0.489 e. The third-order valence-electron chi connectivity index (χ3n) is 3.64. The Labute approximate surface area is 155 Å². The van der Waals surface area contributed by atoms with Gasteiger partial charge in [0.25, 0.3) is 0 Å². The smallest absolute Gasteiger partial charge is 0.343 e. The highest BCUT2D eigenvalue weighted by molar-refractivity contribution is 6.30. The molecule has 0 saturated carbocycles. The van der Waals surface area contributed by atoms with Crippen molar-refractivity contribution >= 4 is 23.9 Å². The van der Waals surface area contributed by atoms with Crippen LogP contribution in [0.5, 0.6) is 11.5 Å². The second-order valence-corrected chi connectivity index (χ2v) is 5.95. The van der Waals surface area contributed by atoms with Crippen LogP contribution >= 0.6 is 11.6 Å². The lowest BCUT2D eigenvalue weighted by atomic mass is 10.1. The van der Waals surface area contributed by atoms with E-state index in [1.807, 2.05) is 0 Å². The highest BCUT2D eigenvalue weighted by atomic mass is 35.5. The van der Waals surface area contributed by atoms with Gasteiger partial charge in [0.2, 0.25) is 0 Å². The maximum atomic E-state index is 12.1. The highest BCUT2D eigenvalue weighted by Gasteiger charge is 2.08. The lowest BCUT2D eigenvalue weighted by Crippen LogP contribution is -2.08. The standard InChI is InChI=1S/C21H15ClO4/c22-18-7-11-20(12-8-18)26-21(24)17-5-1-16(2-6-17)14-25-19-9-3-15(13-23)4-10-19/h1-13H,14H2. The Morgan fingerprint density at radius 1 is 0.846 bits per heavy atom. The van der Waals surface area contributed by atoms with Gasteiger partial charge in [-0.05, 0) is 66.2 Å². The molecule has 0 spiro atoms. The quantitative estimate of drug-likeness (QED) is 0.352. The molecule has 3 rings (SSSR count). The summed E-state index contributed by atoms with van der Waals surface area (Å²) in [6, 6.07) is 20.4. The number of ether oxygens (including phenoxy) is 2. The van der Waals surface area contributed by atoms with Crippen molar-refractivity contribution in [2.75, 3.05) is 0 Å². The van der Waals surface area contributed by atoms with Gasteiger partial charge in [0, 0.05) is 10.6 Å². The molecule has 0 N–H and O–H groups in total. The van der Waals surface area contributed by atoms with Crippen LogP contribution < -0.4 is 9.47 Å². The van der Waals surface area contributed by atoms with E-state index in [-0.39, 0.29) is 0 Å². The van der Waals surface area contributed by atoms with Gasteiger partial charge < -0.3 is 9.47 Å². The Hall–Kier alpha value is -3.11. The summed E-state index contributed by atoms with van der Waals surface area (Å²) >= 11 is 5.80. The summed E-state index contributed by atoms with van der Waals surface area (Å²) in [4.78, 5) is 22.8. The van der Waals surface area contributed by atoms with Gasteiger partial charge >= 0.3 is 5.97 Å². The summed E-state index contributed by atoms with van der Waals surface area (Å²) in [6.07, 6.45) is 0.783. The van der Waals surface area contributed by atoms with E-state index in [1.54, 1.807) is 72.8 Å². The summed E-state index contributed by atoms with van der Waals surface area (Å²) in [5.74, 6) is 0.664. The second-order valence-electron chi connectivity index (χ2n) is 5.52. The largest absolute Gasteiger partial charge is 0.489 e. The number of hydrogen-bond acceptors (Lipinski definition) is 4. The molecule has 5 heteroatoms. The van der Waals surface area contributed by atoms with Crippen molar-refractivity contribution < 1.29 is 19.1 Å². The third kappa shape index (κ3) is 4.71. The number of carbonyl (C=O) groups is 2. The number of halogens is 1. The van der Waals surface area contributed by atoms with E-state index in [0.717, 1.165) is 11.8 Å². The first kappa shape index (κ1) is 17.7. The SMILES string of the molecule is O=Cc1ccc(OCc2ccc(C(=O)Oc3ccc(Cl)cc3)cc2)cc1. The minimum atomic E-state index is -0.441. The van der Waals surface area contributed by atoms with Crippen molar-refractivity contribution in [1.82, 2.24) is 0 Å². The number of esters is 1. The minimum absolute atomic E-state index is 0.354. The Balaban J connectivity index is 1.57. The summed E-state index contributed by atoms with van der Waals surface area (Å²) < 4.78 is 10.9. The van der Waals surface area contributed by atoms with Gasteiger partial charge in [0.05, 0.1) is 5.56 Å². The van der Waals surface area contributed by atoms with Crippen LogP contribution in [0, 0.1) is 0 Å². The zero-order chi connectivity index (χ0) is 18.4. The Morgan fingerprint density at radius 2 is 1.46 bits per heavy atom. The molecule has 0 heterocycles. The molecule has 0 aliphatic carbocycles. The molecule has 130 valence electrons. The molecule has 4 nitrogen and oxygen atoms in total. The van der Waals surface area contributed by atoms with Crippen LogP contribution in [0.1, 0.15) is 26.3 Å². The van der Waals surface area contributed by atoms with Crippen LogP contribution in [0.3, 0.4) is 0 Å². The Bertz CT molecular complexity index is 885. The molecule has 0 atom stereocenters. The number of hydrogen-bond donors (Lipinski definition) is 0. The normalized spacial score (nSPS) is 10.2. The van der Waals surface area contributed by atoms with Gasteiger partial charge in [0.15, 0.2) is 0 Å². The van der Waals surface area contributed by atoms with Crippen molar-refractivity contribution in [2.24, 2.45) is 0 Å². The van der Waals surface area contributed by atoms with Gasteiger partial charge in [-0.3, -0.25) is 4.79 Å². The molecule has 0 saturated heterocycles. The molecule has 0 unspecified atom stereocenters. The van der Waals surface area contributed by atoms with Gasteiger partial charge in [0.1, 0.15) is 24.4 Å². The third-order valence-corrected chi connectivity index (χ3v) is 3.89. The predicted molar refractivity (Wildman–Crippen MR) is 99.0 cm³/mol. The van der Waals surface area contributed by atoms with E-state index < -0.39 is 5.97 Å². The maximum Gasteiger partial charge on any atom is 0.343 e. The fourth-order valence-electron chi connectivity index (χ4n) is 2.21. The molecule has 0 aromatic heterocycles.